The van der Waals surface area contributed by atoms with Crippen LogP contribution in [0.25, 0.3) is 0 Å². The first-order valence-corrected chi connectivity index (χ1v) is 11.8. The molecule has 1 heterocycles. The molecular weight excluding hydrogens is 448 g/mol. The molecule has 8 heteroatoms. The number of benzene rings is 2. The molecule has 2 aromatic carbocycles. The minimum Gasteiger partial charge on any atom is -0.491 e. The largest absolute Gasteiger partial charge is 0.491 e. The standard InChI is InChI=1S/C25H31ClO7/c26-20-9-6-16(25-24(30)23(29)22(28)21(14-27)33-25)13-17(20)12-15-4-7-19(8-5-15)32-11-10-31-18-2-1-3-18/h4-9,13,18,21-25,27-30H,1-3,10-12,14H2/t21-,22-,23+,24-,25+/m1/s1. The van der Waals surface area contributed by atoms with Gasteiger partial charge in [-0.3, -0.25) is 0 Å². The lowest BCUT2D eigenvalue weighted by Crippen LogP contribution is -2.55. The smallest absolute Gasteiger partial charge is 0.119 e. The van der Waals surface area contributed by atoms with Crippen LogP contribution in [0.5, 0.6) is 5.75 Å². The van der Waals surface area contributed by atoms with E-state index in [0.717, 1.165) is 29.7 Å². The van der Waals surface area contributed by atoms with E-state index in [-0.39, 0.29) is 0 Å². The molecule has 1 saturated heterocycles. The van der Waals surface area contributed by atoms with Crippen LogP contribution < -0.4 is 4.74 Å². The van der Waals surface area contributed by atoms with Crippen LogP contribution >= 0.6 is 11.6 Å². The molecule has 5 atom stereocenters. The second-order valence-corrected chi connectivity index (χ2v) is 9.10. The van der Waals surface area contributed by atoms with Gasteiger partial charge in [-0.25, -0.2) is 0 Å². The van der Waals surface area contributed by atoms with Crippen LogP contribution in [0.4, 0.5) is 0 Å². The Morgan fingerprint density at radius 1 is 0.939 bits per heavy atom. The fourth-order valence-electron chi connectivity index (χ4n) is 4.12. The van der Waals surface area contributed by atoms with Gasteiger partial charge in [-0.1, -0.05) is 35.9 Å². The van der Waals surface area contributed by atoms with Crippen molar-refractivity contribution in [2.75, 3.05) is 19.8 Å². The summed E-state index contributed by atoms with van der Waals surface area (Å²) in [6.45, 7) is 0.638. The molecule has 1 aliphatic heterocycles. The van der Waals surface area contributed by atoms with Crippen molar-refractivity contribution in [2.45, 2.75) is 62.3 Å². The molecule has 7 nitrogen and oxygen atoms in total. The van der Waals surface area contributed by atoms with E-state index in [4.69, 9.17) is 25.8 Å². The lowest BCUT2D eigenvalue weighted by atomic mass is 9.90. The highest BCUT2D eigenvalue weighted by atomic mass is 35.5. The predicted molar refractivity (Wildman–Crippen MR) is 123 cm³/mol. The van der Waals surface area contributed by atoms with E-state index >= 15 is 0 Å². The number of hydrogen-bond acceptors (Lipinski definition) is 7. The van der Waals surface area contributed by atoms with Gasteiger partial charge in [0.15, 0.2) is 0 Å². The molecule has 0 radical (unpaired) electrons. The van der Waals surface area contributed by atoms with Gasteiger partial charge in [0, 0.05) is 5.02 Å². The van der Waals surface area contributed by atoms with Gasteiger partial charge in [0.25, 0.3) is 0 Å². The highest BCUT2D eigenvalue weighted by molar-refractivity contribution is 6.31. The van der Waals surface area contributed by atoms with E-state index in [9.17, 15) is 20.4 Å². The molecule has 2 aliphatic rings. The van der Waals surface area contributed by atoms with Crippen molar-refractivity contribution in [3.8, 4) is 5.75 Å². The molecule has 2 fully saturated rings. The summed E-state index contributed by atoms with van der Waals surface area (Å²) in [4.78, 5) is 0. The Balaban J connectivity index is 1.38. The zero-order valence-corrected chi connectivity index (χ0v) is 19.1. The van der Waals surface area contributed by atoms with Gasteiger partial charge in [0.05, 0.1) is 19.3 Å². The molecule has 33 heavy (non-hydrogen) atoms. The summed E-state index contributed by atoms with van der Waals surface area (Å²) in [5, 5.41) is 40.5. The van der Waals surface area contributed by atoms with E-state index in [1.807, 2.05) is 30.3 Å². The Bertz CT molecular complexity index is 900. The molecule has 2 aromatic rings. The Morgan fingerprint density at radius 2 is 1.70 bits per heavy atom. The predicted octanol–water partition coefficient (Wildman–Crippen LogP) is 2.39. The second kappa shape index (κ2) is 11.1. The van der Waals surface area contributed by atoms with Gasteiger partial charge in [-0.2, -0.15) is 0 Å². The average Bonchev–Trinajstić information content (AvgIpc) is 2.79. The third-order valence-electron chi connectivity index (χ3n) is 6.37. The lowest BCUT2D eigenvalue weighted by Gasteiger charge is -2.40. The van der Waals surface area contributed by atoms with Gasteiger partial charge in [0.1, 0.15) is 42.9 Å². The van der Waals surface area contributed by atoms with Gasteiger partial charge < -0.3 is 34.6 Å². The molecule has 0 amide bonds. The molecular formula is C25H31ClO7. The van der Waals surface area contributed by atoms with Crippen LogP contribution in [-0.4, -0.2) is 70.8 Å². The minimum atomic E-state index is -1.42. The topological polar surface area (TPSA) is 109 Å². The summed E-state index contributed by atoms with van der Waals surface area (Å²) in [5.74, 6) is 0.775. The van der Waals surface area contributed by atoms with Crippen LogP contribution in [0.1, 0.15) is 42.1 Å². The van der Waals surface area contributed by atoms with Crippen molar-refractivity contribution in [3.63, 3.8) is 0 Å². The third kappa shape index (κ3) is 5.87. The second-order valence-electron chi connectivity index (χ2n) is 8.69. The monoisotopic (exact) mass is 478 g/mol. The van der Waals surface area contributed by atoms with E-state index < -0.39 is 37.1 Å². The first-order chi connectivity index (χ1) is 16.0. The van der Waals surface area contributed by atoms with Crippen LogP contribution in [0.15, 0.2) is 42.5 Å². The van der Waals surface area contributed by atoms with Crippen LogP contribution in [0.3, 0.4) is 0 Å². The Hall–Kier alpha value is -1.71. The molecule has 4 rings (SSSR count). The van der Waals surface area contributed by atoms with Crippen LogP contribution in [-0.2, 0) is 15.9 Å². The summed E-state index contributed by atoms with van der Waals surface area (Å²) in [6, 6.07) is 13.0. The zero-order chi connectivity index (χ0) is 23.4. The maximum absolute atomic E-state index is 10.4. The van der Waals surface area contributed by atoms with E-state index in [1.165, 1.54) is 6.42 Å². The number of aliphatic hydroxyl groups is 4. The fraction of sp³-hybridized carbons (Fsp3) is 0.520. The van der Waals surface area contributed by atoms with Crippen molar-refractivity contribution < 1.29 is 34.6 Å². The maximum Gasteiger partial charge on any atom is 0.119 e. The average molecular weight is 479 g/mol. The minimum absolute atomic E-state index is 0.402. The summed E-state index contributed by atoms with van der Waals surface area (Å²) in [7, 11) is 0. The first-order valence-electron chi connectivity index (χ1n) is 11.4. The van der Waals surface area contributed by atoms with Gasteiger partial charge >= 0.3 is 0 Å². The van der Waals surface area contributed by atoms with Crippen LogP contribution in [0.2, 0.25) is 5.02 Å². The first kappa shape index (κ1) is 24.4. The molecule has 0 aromatic heterocycles. The van der Waals surface area contributed by atoms with E-state index in [2.05, 4.69) is 0 Å². The summed E-state index contributed by atoms with van der Waals surface area (Å²) >= 11 is 6.42. The Kier molecular flexibility index (Phi) is 8.24. The number of halogens is 1. The lowest BCUT2D eigenvalue weighted by molar-refractivity contribution is -0.231. The summed E-state index contributed by atoms with van der Waals surface area (Å²) < 4.78 is 17.1. The molecule has 1 saturated carbocycles. The SMILES string of the molecule is OC[C@H]1O[C@@H](c2ccc(Cl)c(Cc3ccc(OCCOC4CCC4)cc3)c2)[C@H](O)[C@@H](O)[C@@H]1O. The van der Waals surface area contributed by atoms with Crippen molar-refractivity contribution in [1.82, 2.24) is 0 Å². The molecule has 0 bridgehead atoms. The number of ether oxygens (including phenoxy) is 3. The molecule has 0 spiro atoms. The van der Waals surface area contributed by atoms with Gasteiger partial charge in [-0.15, -0.1) is 0 Å². The van der Waals surface area contributed by atoms with Crippen molar-refractivity contribution >= 4 is 11.6 Å². The molecule has 1 aliphatic carbocycles. The normalized spacial score (nSPS) is 27.8. The van der Waals surface area contributed by atoms with E-state index in [0.29, 0.717) is 36.3 Å². The number of hydrogen-bond donors (Lipinski definition) is 4. The van der Waals surface area contributed by atoms with Gasteiger partial charge in [0.2, 0.25) is 0 Å². The maximum atomic E-state index is 10.4. The molecule has 180 valence electrons. The van der Waals surface area contributed by atoms with Crippen molar-refractivity contribution in [1.29, 1.82) is 0 Å². The summed E-state index contributed by atoms with van der Waals surface area (Å²) in [6.07, 6.45) is -1.50. The quantitative estimate of drug-likeness (QED) is 0.410. The molecule has 0 unspecified atom stereocenters. The fourth-order valence-corrected chi connectivity index (χ4v) is 4.30. The van der Waals surface area contributed by atoms with Gasteiger partial charge in [-0.05, 0) is 60.6 Å². The molecule has 4 N–H and O–H groups in total. The van der Waals surface area contributed by atoms with Crippen molar-refractivity contribution in [2.24, 2.45) is 0 Å². The Labute approximate surface area is 198 Å². The Morgan fingerprint density at radius 3 is 2.36 bits per heavy atom. The van der Waals surface area contributed by atoms with Crippen molar-refractivity contribution in [3.05, 3.63) is 64.2 Å². The number of rotatable bonds is 9. The zero-order valence-electron chi connectivity index (χ0n) is 18.3. The van der Waals surface area contributed by atoms with Crippen LogP contribution in [0, 0.1) is 0 Å². The highest BCUT2D eigenvalue weighted by Gasteiger charge is 2.44. The third-order valence-corrected chi connectivity index (χ3v) is 6.74. The van der Waals surface area contributed by atoms with E-state index in [1.54, 1.807) is 12.1 Å². The summed E-state index contributed by atoms with van der Waals surface area (Å²) in [5.41, 5.74) is 2.47. The highest BCUT2D eigenvalue weighted by Crippen LogP contribution is 2.34. The number of aliphatic hydroxyl groups excluding tert-OH is 4.